The lowest BCUT2D eigenvalue weighted by Gasteiger charge is -2.12. The van der Waals surface area contributed by atoms with Crippen molar-refractivity contribution in [3.63, 3.8) is 0 Å². The highest BCUT2D eigenvalue weighted by Gasteiger charge is 2.19. The maximum absolute atomic E-state index is 5.69. The van der Waals surface area contributed by atoms with E-state index >= 15 is 0 Å². The maximum Gasteiger partial charge on any atom is 0.120 e. The van der Waals surface area contributed by atoms with Crippen molar-refractivity contribution in [3.8, 4) is 5.75 Å². The molecule has 0 unspecified atom stereocenters. The number of hydrogen-bond donors (Lipinski definition) is 2. The third-order valence-corrected chi connectivity index (χ3v) is 3.44. The van der Waals surface area contributed by atoms with Gasteiger partial charge in [-0.25, -0.2) is 0 Å². The van der Waals surface area contributed by atoms with Gasteiger partial charge in [-0.1, -0.05) is 0 Å². The first-order valence-corrected chi connectivity index (χ1v) is 6.38. The van der Waals surface area contributed by atoms with E-state index in [-0.39, 0.29) is 0 Å². The summed E-state index contributed by atoms with van der Waals surface area (Å²) in [6.07, 6.45) is 3.26. The van der Waals surface area contributed by atoms with Crippen LogP contribution in [0.25, 0.3) is 10.9 Å². The number of nitrogens with two attached hydrogens (primary N) is 1. The zero-order valence-electron chi connectivity index (χ0n) is 10.5. The quantitative estimate of drug-likeness (QED) is 0.642. The Hall–Kier alpha value is -1.81. The molecule has 0 fully saturated rings. The van der Waals surface area contributed by atoms with Crippen LogP contribution in [0.1, 0.15) is 24.6 Å². The number of hydrogen-bond acceptors (Lipinski definition) is 4. The molecule has 4 nitrogen and oxygen atoms in total. The lowest BCUT2D eigenvalue weighted by Crippen LogP contribution is -2.10. The van der Waals surface area contributed by atoms with Gasteiger partial charge in [0.2, 0.25) is 0 Å². The number of aromatic nitrogens is 1. The summed E-state index contributed by atoms with van der Waals surface area (Å²) in [5, 5.41) is 1.05. The van der Waals surface area contributed by atoms with Gasteiger partial charge in [-0.2, -0.15) is 0 Å². The highest BCUT2D eigenvalue weighted by Crippen LogP contribution is 2.34. The molecule has 1 aromatic heterocycles. The highest BCUT2D eigenvalue weighted by atomic mass is 16.5. The summed E-state index contributed by atoms with van der Waals surface area (Å²) in [4.78, 5) is 4.71. The molecule has 0 bridgehead atoms. The minimum absolute atomic E-state index is 0.662. The number of nitrogen functional groups attached to an aromatic ring is 1. The van der Waals surface area contributed by atoms with Gasteiger partial charge in [0.1, 0.15) is 5.75 Å². The lowest BCUT2D eigenvalue weighted by atomic mass is 10.1. The van der Waals surface area contributed by atoms with Gasteiger partial charge in [0, 0.05) is 11.1 Å². The SMILES string of the molecule is CCOc1ccc2nc3c(c(NN)c2c1)CCC3. The summed E-state index contributed by atoms with van der Waals surface area (Å²) in [6, 6.07) is 5.97. The number of hydrazine groups is 1. The number of nitrogens with zero attached hydrogens (tertiary/aromatic N) is 1. The molecule has 0 atom stereocenters. The second kappa shape index (κ2) is 4.46. The van der Waals surface area contributed by atoms with Crippen LogP contribution in [0.2, 0.25) is 0 Å². The van der Waals surface area contributed by atoms with E-state index in [1.54, 1.807) is 0 Å². The topological polar surface area (TPSA) is 60.2 Å². The van der Waals surface area contributed by atoms with Crippen LogP contribution in [0, 0.1) is 0 Å². The first-order chi connectivity index (χ1) is 8.83. The molecule has 2 aromatic rings. The summed E-state index contributed by atoms with van der Waals surface area (Å²) in [6.45, 7) is 2.64. The van der Waals surface area contributed by atoms with Crippen molar-refractivity contribution in [2.45, 2.75) is 26.2 Å². The molecule has 0 radical (unpaired) electrons. The van der Waals surface area contributed by atoms with Crippen LogP contribution >= 0.6 is 0 Å². The van der Waals surface area contributed by atoms with Gasteiger partial charge in [0.25, 0.3) is 0 Å². The average molecular weight is 243 g/mol. The van der Waals surface area contributed by atoms with Gasteiger partial charge in [-0.3, -0.25) is 10.8 Å². The third-order valence-electron chi connectivity index (χ3n) is 3.44. The van der Waals surface area contributed by atoms with Crippen LogP contribution in [0.4, 0.5) is 5.69 Å². The Morgan fingerprint density at radius 1 is 1.39 bits per heavy atom. The molecule has 18 heavy (non-hydrogen) atoms. The van der Waals surface area contributed by atoms with E-state index < -0.39 is 0 Å². The first-order valence-electron chi connectivity index (χ1n) is 6.38. The first kappa shape index (κ1) is 11.3. The third kappa shape index (κ3) is 1.69. The fraction of sp³-hybridized carbons (Fsp3) is 0.357. The number of ether oxygens (including phenoxy) is 1. The summed E-state index contributed by atoms with van der Waals surface area (Å²) in [5.74, 6) is 6.56. The maximum atomic E-state index is 5.69. The number of anilines is 1. The number of fused-ring (bicyclic) bond motifs is 2. The molecule has 0 amide bonds. The second-order valence-corrected chi connectivity index (χ2v) is 4.52. The Morgan fingerprint density at radius 3 is 3.06 bits per heavy atom. The monoisotopic (exact) mass is 243 g/mol. The molecule has 1 heterocycles. The number of rotatable bonds is 3. The fourth-order valence-corrected chi connectivity index (χ4v) is 2.66. The number of nitrogens with one attached hydrogen (secondary N) is 1. The standard InChI is InChI=1S/C14H17N3O/c1-2-18-9-6-7-13-11(8-9)14(17-15)10-4-3-5-12(10)16-13/h6-8H,2-5,15H2,1H3,(H,16,17). The van der Waals surface area contributed by atoms with Crippen molar-refractivity contribution in [2.75, 3.05) is 12.0 Å². The van der Waals surface area contributed by atoms with E-state index in [9.17, 15) is 0 Å². The zero-order valence-corrected chi connectivity index (χ0v) is 10.5. The molecule has 94 valence electrons. The Morgan fingerprint density at radius 2 is 2.28 bits per heavy atom. The highest BCUT2D eigenvalue weighted by molar-refractivity contribution is 5.94. The van der Waals surface area contributed by atoms with Gasteiger partial charge in [0.05, 0.1) is 17.8 Å². The number of pyridine rings is 1. The van der Waals surface area contributed by atoms with Gasteiger partial charge >= 0.3 is 0 Å². The molecule has 1 aliphatic carbocycles. The van der Waals surface area contributed by atoms with Crippen LogP contribution in [-0.2, 0) is 12.8 Å². The zero-order chi connectivity index (χ0) is 12.5. The van der Waals surface area contributed by atoms with E-state index in [0.29, 0.717) is 6.61 Å². The largest absolute Gasteiger partial charge is 0.494 e. The fourth-order valence-electron chi connectivity index (χ4n) is 2.66. The average Bonchev–Trinajstić information content (AvgIpc) is 2.84. The predicted molar refractivity (Wildman–Crippen MR) is 72.7 cm³/mol. The van der Waals surface area contributed by atoms with Crippen molar-refractivity contribution < 1.29 is 4.74 Å². The van der Waals surface area contributed by atoms with Gasteiger partial charge in [-0.05, 0) is 49.9 Å². The van der Waals surface area contributed by atoms with Gasteiger partial charge < -0.3 is 10.2 Å². The molecule has 0 spiro atoms. The molecule has 0 saturated heterocycles. The van der Waals surface area contributed by atoms with Gasteiger partial charge in [0.15, 0.2) is 0 Å². The minimum atomic E-state index is 0.662. The van der Waals surface area contributed by atoms with Crippen molar-refractivity contribution in [1.29, 1.82) is 0 Å². The normalized spacial score (nSPS) is 13.7. The van der Waals surface area contributed by atoms with Crippen LogP contribution in [-0.4, -0.2) is 11.6 Å². The van der Waals surface area contributed by atoms with Crippen molar-refractivity contribution >= 4 is 16.6 Å². The molecule has 1 aromatic carbocycles. The van der Waals surface area contributed by atoms with E-state index in [4.69, 9.17) is 15.6 Å². The summed E-state index contributed by atoms with van der Waals surface area (Å²) >= 11 is 0. The summed E-state index contributed by atoms with van der Waals surface area (Å²) < 4.78 is 5.54. The Bertz CT molecular complexity index is 595. The molecular formula is C14H17N3O. The molecule has 3 rings (SSSR count). The molecule has 0 saturated carbocycles. The van der Waals surface area contributed by atoms with Gasteiger partial charge in [-0.15, -0.1) is 0 Å². The van der Waals surface area contributed by atoms with E-state index in [1.807, 2.05) is 25.1 Å². The molecular weight excluding hydrogens is 226 g/mol. The molecule has 3 N–H and O–H groups in total. The number of aryl methyl sites for hydroxylation is 1. The summed E-state index contributed by atoms with van der Waals surface area (Å²) in [7, 11) is 0. The van der Waals surface area contributed by atoms with Crippen LogP contribution in [0.5, 0.6) is 5.75 Å². The van der Waals surface area contributed by atoms with E-state index in [0.717, 1.165) is 41.6 Å². The summed E-state index contributed by atoms with van der Waals surface area (Å²) in [5.41, 5.74) is 7.27. The molecule has 0 aliphatic heterocycles. The van der Waals surface area contributed by atoms with Crippen molar-refractivity contribution in [2.24, 2.45) is 5.84 Å². The Balaban J connectivity index is 2.24. The molecule has 1 aliphatic rings. The van der Waals surface area contributed by atoms with Crippen LogP contribution in [0.3, 0.4) is 0 Å². The van der Waals surface area contributed by atoms with E-state index in [1.165, 1.54) is 11.3 Å². The predicted octanol–water partition coefficient (Wildman–Crippen LogP) is 2.41. The Labute approximate surface area is 106 Å². The minimum Gasteiger partial charge on any atom is -0.494 e. The van der Waals surface area contributed by atoms with Crippen LogP contribution in [0.15, 0.2) is 18.2 Å². The smallest absolute Gasteiger partial charge is 0.120 e. The van der Waals surface area contributed by atoms with E-state index in [2.05, 4.69) is 5.43 Å². The molecule has 4 heteroatoms. The Kier molecular flexibility index (Phi) is 2.80. The van der Waals surface area contributed by atoms with Crippen molar-refractivity contribution in [1.82, 2.24) is 4.98 Å². The number of benzene rings is 1. The van der Waals surface area contributed by atoms with Crippen molar-refractivity contribution in [3.05, 3.63) is 29.5 Å². The lowest BCUT2D eigenvalue weighted by molar-refractivity contribution is 0.340. The second-order valence-electron chi connectivity index (χ2n) is 4.52. The van der Waals surface area contributed by atoms with Crippen LogP contribution < -0.4 is 16.0 Å².